The molecule has 0 heterocycles. The second-order valence-electron chi connectivity index (χ2n) is 3.26. The molecule has 0 aromatic carbocycles. The molecule has 0 bridgehead atoms. The predicted octanol–water partition coefficient (Wildman–Crippen LogP) is 1.01. The Labute approximate surface area is 103 Å². The molecule has 0 N–H and O–H groups in total. The first-order valence-electron chi connectivity index (χ1n) is 5.12. The Balaban J connectivity index is 0. The molecule has 0 fully saturated rings. The minimum absolute atomic E-state index is 0.344. The quantitative estimate of drug-likeness (QED) is 0.396. The molecule has 0 saturated heterocycles. The molecule has 0 radical (unpaired) electrons. The van der Waals surface area contributed by atoms with E-state index in [4.69, 9.17) is 4.74 Å². The van der Waals surface area contributed by atoms with Crippen LogP contribution < -0.4 is 0 Å². The monoisotopic (exact) mass is 243 g/mol. The molecule has 5 heteroatoms. The summed E-state index contributed by atoms with van der Waals surface area (Å²) in [6.45, 7) is 7.86. The minimum Gasteiger partial charge on any atom is -0.466 e. The van der Waals surface area contributed by atoms with E-state index in [1.807, 2.05) is 19.0 Å². The van der Waals surface area contributed by atoms with Gasteiger partial charge in [-0.05, 0) is 20.5 Å². The zero-order valence-corrected chi connectivity index (χ0v) is 10.8. The summed E-state index contributed by atoms with van der Waals surface area (Å²) in [4.78, 5) is 22.4. The van der Waals surface area contributed by atoms with E-state index in [9.17, 15) is 9.59 Å². The van der Waals surface area contributed by atoms with E-state index < -0.39 is 5.97 Å². The van der Waals surface area contributed by atoms with Crippen LogP contribution in [0.25, 0.3) is 0 Å². The molecular formula is C12H21NO4. The lowest BCUT2D eigenvalue weighted by Gasteiger charge is -2.08. The highest BCUT2D eigenvalue weighted by atomic mass is 16.5. The lowest BCUT2D eigenvalue weighted by Crippen LogP contribution is -2.15. The van der Waals surface area contributed by atoms with Crippen LogP contribution >= 0.6 is 0 Å². The third-order valence-corrected chi connectivity index (χ3v) is 1.53. The predicted molar refractivity (Wildman–Crippen MR) is 66.5 cm³/mol. The number of carbonyl (C=O) groups excluding carboxylic acids is 2. The molecule has 0 amide bonds. The first kappa shape index (κ1) is 17.8. The zero-order valence-electron chi connectivity index (χ0n) is 10.8. The van der Waals surface area contributed by atoms with E-state index in [1.165, 1.54) is 13.2 Å². The van der Waals surface area contributed by atoms with Gasteiger partial charge in [0.15, 0.2) is 0 Å². The van der Waals surface area contributed by atoms with Crippen molar-refractivity contribution >= 4 is 11.9 Å². The lowest BCUT2D eigenvalue weighted by atomic mass is 10.4. The van der Waals surface area contributed by atoms with Crippen LogP contribution in [0.2, 0.25) is 0 Å². The van der Waals surface area contributed by atoms with Gasteiger partial charge in [-0.2, -0.15) is 0 Å². The fourth-order valence-corrected chi connectivity index (χ4v) is 0.696. The number of ether oxygens (including phenoxy) is 2. The van der Waals surface area contributed by atoms with E-state index in [0.717, 1.165) is 19.0 Å². The summed E-state index contributed by atoms with van der Waals surface area (Å²) in [5.74, 6) is -0.737. The highest BCUT2D eigenvalue weighted by molar-refractivity contribution is 5.81. The van der Waals surface area contributed by atoms with Crippen molar-refractivity contribution in [1.82, 2.24) is 4.90 Å². The van der Waals surface area contributed by atoms with Crippen molar-refractivity contribution in [2.45, 2.75) is 6.42 Å². The van der Waals surface area contributed by atoms with E-state index in [0.29, 0.717) is 6.61 Å². The molecule has 0 atom stereocenters. The summed E-state index contributed by atoms with van der Waals surface area (Å²) < 4.78 is 8.90. The van der Waals surface area contributed by atoms with E-state index in [1.54, 1.807) is 0 Å². The van der Waals surface area contributed by atoms with E-state index in [2.05, 4.69) is 17.9 Å². The largest absolute Gasteiger partial charge is 0.466 e. The van der Waals surface area contributed by atoms with Gasteiger partial charge >= 0.3 is 11.9 Å². The highest BCUT2D eigenvalue weighted by Gasteiger charge is 1.94. The molecule has 98 valence electrons. The molecule has 0 aromatic heterocycles. The number of rotatable bonds is 6. The van der Waals surface area contributed by atoms with Crippen LogP contribution in [0.4, 0.5) is 0 Å². The SMILES string of the molecule is C=CC(=O)OC.C=CC(=O)OCCCN(C)C. The Morgan fingerprint density at radius 3 is 2.00 bits per heavy atom. The number of nitrogens with zero attached hydrogens (tertiary/aromatic N) is 1. The maximum atomic E-state index is 10.5. The second-order valence-corrected chi connectivity index (χ2v) is 3.26. The Hall–Kier alpha value is -1.62. The summed E-state index contributed by atoms with van der Waals surface area (Å²) in [6, 6.07) is 0. The number of hydrogen-bond donors (Lipinski definition) is 0. The molecule has 5 nitrogen and oxygen atoms in total. The van der Waals surface area contributed by atoms with Crippen LogP contribution in [0.1, 0.15) is 6.42 Å². The second kappa shape index (κ2) is 12.4. The Morgan fingerprint density at radius 2 is 1.71 bits per heavy atom. The van der Waals surface area contributed by atoms with Crippen LogP contribution in [-0.4, -0.2) is 51.2 Å². The number of hydrogen-bond acceptors (Lipinski definition) is 5. The standard InChI is InChI=1S/C8H15NO2.C4H6O2/c1-4-8(10)11-7-5-6-9(2)3;1-3-4(5)6-2/h4H,1,5-7H2,2-3H3;3H,1H2,2H3. The number of carbonyl (C=O) groups is 2. The third-order valence-electron chi connectivity index (χ3n) is 1.53. The van der Waals surface area contributed by atoms with Crippen LogP contribution in [0.5, 0.6) is 0 Å². The summed E-state index contributed by atoms with van der Waals surface area (Å²) in [5.41, 5.74) is 0. The summed E-state index contributed by atoms with van der Waals surface area (Å²) in [5, 5.41) is 0. The molecule has 0 spiro atoms. The van der Waals surface area contributed by atoms with Crippen molar-refractivity contribution in [3.63, 3.8) is 0 Å². The van der Waals surface area contributed by atoms with Crippen LogP contribution in [-0.2, 0) is 19.1 Å². The number of esters is 2. The molecule has 0 aliphatic carbocycles. The molecule has 0 aliphatic heterocycles. The Bertz CT molecular complexity index is 249. The van der Waals surface area contributed by atoms with Gasteiger partial charge in [0.25, 0.3) is 0 Å². The minimum atomic E-state index is -0.394. The van der Waals surface area contributed by atoms with Gasteiger partial charge in [0, 0.05) is 18.7 Å². The van der Waals surface area contributed by atoms with Crippen LogP contribution in [0, 0.1) is 0 Å². The van der Waals surface area contributed by atoms with Gasteiger partial charge < -0.3 is 14.4 Å². The first-order chi connectivity index (χ1) is 7.97. The van der Waals surface area contributed by atoms with Crippen molar-refractivity contribution in [2.24, 2.45) is 0 Å². The molecule has 17 heavy (non-hydrogen) atoms. The maximum Gasteiger partial charge on any atom is 0.330 e. The molecular weight excluding hydrogens is 222 g/mol. The Kier molecular flexibility index (Phi) is 13.0. The van der Waals surface area contributed by atoms with Crippen molar-refractivity contribution < 1.29 is 19.1 Å². The normalized spacial score (nSPS) is 8.71. The average Bonchev–Trinajstić information content (AvgIpc) is 2.33. The van der Waals surface area contributed by atoms with Gasteiger partial charge in [-0.15, -0.1) is 0 Å². The first-order valence-corrected chi connectivity index (χ1v) is 5.12. The fourth-order valence-electron chi connectivity index (χ4n) is 0.696. The van der Waals surface area contributed by atoms with Crippen LogP contribution in [0.15, 0.2) is 25.3 Å². The van der Waals surface area contributed by atoms with Crippen molar-refractivity contribution in [2.75, 3.05) is 34.4 Å². The van der Waals surface area contributed by atoms with Gasteiger partial charge in [0.2, 0.25) is 0 Å². The fraction of sp³-hybridized carbons (Fsp3) is 0.500. The van der Waals surface area contributed by atoms with Gasteiger partial charge in [-0.1, -0.05) is 13.2 Å². The average molecular weight is 243 g/mol. The topological polar surface area (TPSA) is 55.8 Å². The van der Waals surface area contributed by atoms with E-state index >= 15 is 0 Å². The molecule has 0 aliphatic rings. The van der Waals surface area contributed by atoms with Crippen LogP contribution in [0.3, 0.4) is 0 Å². The highest BCUT2D eigenvalue weighted by Crippen LogP contribution is 1.86. The maximum absolute atomic E-state index is 10.5. The van der Waals surface area contributed by atoms with Crippen molar-refractivity contribution in [3.05, 3.63) is 25.3 Å². The lowest BCUT2D eigenvalue weighted by molar-refractivity contribution is -0.138. The molecule has 0 aromatic rings. The molecule has 0 saturated carbocycles. The van der Waals surface area contributed by atoms with Gasteiger partial charge in [0.1, 0.15) is 0 Å². The summed E-state index contributed by atoms with van der Waals surface area (Å²) >= 11 is 0. The van der Waals surface area contributed by atoms with Crippen molar-refractivity contribution in [3.8, 4) is 0 Å². The summed E-state index contributed by atoms with van der Waals surface area (Å²) in [6.07, 6.45) is 3.16. The Morgan fingerprint density at radius 1 is 1.18 bits per heavy atom. The zero-order chi connectivity index (χ0) is 13.7. The van der Waals surface area contributed by atoms with Gasteiger partial charge in [-0.25, -0.2) is 9.59 Å². The number of methoxy groups -OCH3 is 1. The summed E-state index contributed by atoms with van der Waals surface area (Å²) in [7, 11) is 5.27. The van der Waals surface area contributed by atoms with Gasteiger partial charge in [0.05, 0.1) is 13.7 Å². The third kappa shape index (κ3) is 17.0. The van der Waals surface area contributed by atoms with Gasteiger partial charge in [-0.3, -0.25) is 0 Å². The van der Waals surface area contributed by atoms with Crippen molar-refractivity contribution in [1.29, 1.82) is 0 Å². The smallest absolute Gasteiger partial charge is 0.330 e. The van der Waals surface area contributed by atoms with E-state index in [-0.39, 0.29) is 5.97 Å². The molecule has 0 rings (SSSR count). The molecule has 0 unspecified atom stereocenters.